The summed E-state index contributed by atoms with van der Waals surface area (Å²) in [6.07, 6.45) is 2.55. The number of pyridine rings is 1. The van der Waals surface area contributed by atoms with Gasteiger partial charge < -0.3 is 15.5 Å². The third-order valence-corrected chi connectivity index (χ3v) is 5.61. The van der Waals surface area contributed by atoms with Crippen LogP contribution >= 0.6 is 51.2 Å². The van der Waals surface area contributed by atoms with Crippen LogP contribution in [0.15, 0.2) is 39.2 Å². The molecule has 1 fully saturated rings. The molecular weight excluding hydrogens is 532 g/mol. The van der Waals surface area contributed by atoms with Crippen LogP contribution in [0.2, 0.25) is 0 Å². The fraction of sp³-hybridized carbons (Fsp3) is 0.412. The monoisotopic (exact) mass is 553 g/mol. The van der Waals surface area contributed by atoms with Gasteiger partial charge >= 0.3 is 0 Å². The summed E-state index contributed by atoms with van der Waals surface area (Å²) in [7, 11) is 0. The van der Waals surface area contributed by atoms with Crippen molar-refractivity contribution in [3.05, 3.63) is 44.9 Å². The Morgan fingerprint density at radius 2 is 2.38 bits per heavy atom. The first-order valence-electron chi connectivity index (χ1n) is 8.29. The van der Waals surface area contributed by atoms with E-state index >= 15 is 0 Å². The molecule has 2 aromatic heterocycles. The molecule has 1 saturated heterocycles. The highest BCUT2D eigenvalue weighted by atomic mass is 127. The van der Waals surface area contributed by atoms with E-state index in [2.05, 4.69) is 48.0 Å². The third kappa shape index (κ3) is 5.78. The molecule has 0 spiro atoms. The summed E-state index contributed by atoms with van der Waals surface area (Å²) in [5.74, 6) is 0.949. The van der Waals surface area contributed by atoms with Gasteiger partial charge in [-0.05, 0) is 47.5 Å². The minimum Gasteiger partial charge on any atom is -0.357 e. The number of rotatable bonds is 5. The van der Waals surface area contributed by atoms with Crippen molar-refractivity contribution in [2.75, 3.05) is 24.5 Å². The van der Waals surface area contributed by atoms with E-state index in [9.17, 15) is 4.39 Å². The highest BCUT2D eigenvalue weighted by Gasteiger charge is 2.25. The summed E-state index contributed by atoms with van der Waals surface area (Å²) >= 11 is 5.15. The summed E-state index contributed by atoms with van der Waals surface area (Å²) in [4.78, 5) is 12.0. The van der Waals surface area contributed by atoms with Gasteiger partial charge in [-0.15, -0.1) is 35.3 Å². The molecule has 0 aromatic carbocycles. The molecule has 0 aliphatic carbocycles. The van der Waals surface area contributed by atoms with Crippen molar-refractivity contribution >= 4 is 63.0 Å². The van der Waals surface area contributed by atoms with Gasteiger partial charge in [-0.3, -0.25) is 0 Å². The number of guanidine groups is 1. The fourth-order valence-electron chi connectivity index (χ4n) is 2.79. The number of nitrogens with zero attached hydrogens (tertiary/aromatic N) is 3. The van der Waals surface area contributed by atoms with E-state index in [0.717, 1.165) is 29.9 Å². The Labute approximate surface area is 182 Å². The maximum absolute atomic E-state index is 13.9. The Bertz CT molecular complexity index is 741. The van der Waals surface area contributed by atoms with Crippen LogP contribution in [0.4, 0.5) is 10.2 Å². The summed E-state index contributed by atoms with van der Waals surface area (Å²) in [6.45, 7) is 4.97. The zero-order valence-electron chi connectivity index (χ0n) is 14.4. The predicted octanol–water partition coefficient (Wildman–Crippen LogP) is 4.00. The third-order valence-electron chi connectivity index (χ3n) is 3.93. The van der Waals surface area contributed by atoms with Crippen molar-refractivity contribution in [1.82, 2.24) is 15.6 Å². The van der Waals surface area contributed by atoms with E-state index in [1.165, 1.54) is 10.9 Å². The van der Waals surface area contributed by atoms with E-state index in [1.807, 2.05) is 11.8 Å². The molecule has 2 aromatic rings. The quantitative estimate of drug-likeness (QED) is 0.334. The molecule has 0 amide bonds. The zero-order chi connectivity index (χ0) is 17.6. The van der Waals surface area contributed by atoms with Crippen molar-refractivity contribution < 1.29 is 4.39 Å². The first kappa shape index (κ1) is 21.4. The highest BCUT2D eigenvalue weighted by Crippen LogP contribution is 2.21. The topological polar surface area (TPSA) is 52.6 Å². The lowest BCUT2D eigenvalue weighted by Crippen LogP contribution is -2.44. The Morgan fingerprint density at radius 1 is 1.54 bits per heavy atom. The Hall–Kier alpha value is -0.940. The van der Waals surface area contributed by atoms with Crippen LogP contribution in [-0.2, 0) is 6.54 Å². The second-order valence-corrected chi connectivity index (χ2v) is 7.72. The number of anilines is 1. The maximum Gasteiger partial charge on any atom is 0.191 e. The molecule has 142 valence electrons. The van der Waals surface area contributed by atoms with Crippen LogP contribution in [-0.4, -0.2) is 36.6 Å². The smallest absolute Gasteiger partial charge is 0.191 e. The number of aliphatic imine (C=N–C) groups is 1. The number of nitrogens with one attached hydrogen (secondary N) is 2. The molecule has 0 radical (unpaired) electrons. The van der Waals surface area contributed by atoms with Crippen LogP contribution < -0.4 is 15.5 Å². The molecular formula is C17H22BrFIN5S. The molecule has 26 heavy (non-hydrogen) atoms. The second kappa shape index (κ2) is 10.4. The minimum absolute atomic E-state index is 0. The van der Waals surface area contributed by atoms with Gasteiger partial charge in [-0.2, -0.15) is 0 Å². The van der Waals surface area contributed by atoms with Gasteiger partial charge in [0.25, 0.3) is 0 Å². The Morgan fingerprint density at radius 3 is 3.08 bits per heavy atom. The van der Waals surface area contributed by atoms with Crippen LogP contribution in [0, 0.1) is 5.82 Å². The van der Waals surface area contributed by atoms with Gasteiger partial charge in [0.05, 0.1) is 6.54 Å². The summed E-state index contributed by atoms with van der Waals surface area (Å²) < 4.78 is 15.0. The van der Waals surface area contributed by atoms with Gasteiger partial charge in [-0.1, -0.05) is 0 Å². The maximum atomic E-state index is 13.9. The van der Waals surface area contributed by atoms with Gasteiger partial charge in [0.2, 0.25) is 0 Å². The minimum atomic E-state index is -0.271. The van der Waals surface area contributed by atoms with Crippen LogP contribution in [0.1, 0.15) is 18.2 Å². The van der Waals surface area contributed by atoms with E-state index in [1.54, 1.807) is 23.6 Å². The zero-order valence-corrected chi connectivity index (χ0v) is 19.1. The first-order chi connectivity index (χ1) is 12.2. The summed E-state index contributed by atoms with van der Waals surface area (Å²) in [5, 5.41) is 8.79. The lowest BCUT2D eigenvalue weighted by Gasteiger charge is -2.19. The Kier molecular flexibility index (Phi) is 8.55. The second-order valence-electron chi connectivity index (χ2n) is 5.81. The normalized spacial score (nSPS) is 17.1. The standard InChI is InChI=1S/C17H21BrFN5S.HI/c1-2-20-17(22-9-14-8-12(18)11-25-14)23-13-5-7-24(10-13)16-15(19)4-3-6-21-16;/h3-4,6,8,11,13H,2,5,7,9-10H2,1H3,(H2,20,22,23);1H. The summed E-state index contributed by atoms with van der Waals surface area (Å²) in [5.41, 5.74) is 0. The molecule has 1 aliphatic heterocycles. The molecule has 2 N–H and O–H groups in total. The van der Waals surface area contributed by atoms with E-state index in [0.29, 0.717) is 18.9 Å². The molecule has 1 unspecified atom stereocenters. The van der Waals surface area contributed by atoms with E-state index in [-0.39, 0.29) is 35.8 Å². The lowest BCUT2D eigenvalue weighted by molar-refractivity contribution is 0.612. The highest BCUT2D eigenvalue weighted by molar-refractivity contribution is 14.0. The molecule has 0 bridgehead atoms. The largest absolute Gasteiger partial charge is 0.357 e. The van der Waals surface area contributed by atoms with Crippen molar-refractivity contribution in [1.29, 1.82) is 0 Å². The average molecular weight is 554 g/mol. The van der Waals surface area contributed by atoms with Crippen molar-refractivity contribution in [3.8, 4) is 0 Å². The molecule has 1 atom stereocenters. The number of halogens is 3. The average Bonchev–Trinajstić information content (AvgIpc) is 3.22. The molecule has 3 heterocycles. The summed E-state index contributed by atoms with van der Waals surface area (Å²) in [6, 6.07) is 5.37. The lowest BCUT2D eigenvalue weighted by atomic mass is 10.3. The van der Waals surface area contributed by atoms with Gasteiger partial charge in [0.1, 0.15) is 0 Å². The molecule has 0 saturated carbocycles. The number of hydrogen-bond donors (Lipinski definition) is 2. The fourth-order valence-corrected chi connectivity index (χ4v) is 4.16. The van der Waals surface area contributed by atoms with Crippen LogP contribution in [0.5, 0.6) is 0 Å². The van der Waals surface area contributed by atoms with Crippen molar-refractivity contribution in [2.45, 2.75) is 25.9 Å². The first-order valence-corrected chi connectivity index (χ1v) is 9.96. The van der Waals surface area contributed by atoms with Gasteiger partial charge in [0, 0.05) is 46.6 Å². The van der Waals surface area contributed by atoms with Crippen LogP contribution in [0.3, 0.4) is 0 Å². The predicted molar refractivity (Wildman–Crippen MR) is 120 cm³/mol. The van der Waals surface area contributed by atoms with Gasteiger partial charge in [-0.25, -0.2) is 14.4 Å². The van der Waals surface area contributed by atoms with Gasteiger partial charge in [0.15, 0.2) is 17.6 Å². The van der Waals surface area contributed by atoms with Crippen LogP contribution in [0.25, 0.3) is 0 Å². The molecule has 1 aliphatic rings. The SMILES string of the molecule is CCNC(=NCc1cc(Br)cs1)NC1CCN(c2ncccc2F)C1.I. The number of hydrogen-bond acceptors (Lipinski definition) is 4. The van der Waals surface area contributed by atoms with E-state index in [4.69, 9.17) is 0 Å². The number of thiophene rings is 1. The molecule has 9 heteroatoms. The molecule has 3 rings (SSSR count). The Balaban J connectivity index is 0.00000243. The number of aromatic nitrogens is 1. The van der Waals surface area contributed by atoms with Crippen molar-refractivity contribution in [2.24, 2.45) is 4.99 Å². The van der Waals surface area contributed by atoms with E-state index < -0.39 is 0 Å². The molecule has 5 nitrogen and oxygen atoms in total. The van der Waals surface area contributed by atoms with Crippen molar-refractivity contribution in [3.63, 3.8) is 0 Å².